The fourth-order valence-electron chi connectivity index (χ4n) is 3.80. The Kier molecular flexibility index (Phi) is 5.11. The average Bonchev–Trinajstić information content (AvgIpc) is 3.16. The molecule has 1 saturated heterocycles. The third-order valence-corrected chi connectivity index (χ3v) is 6.21. The van der Waals surface area contributed by atoms with Crippen molar-refractivity contribution in [2.24, 2.45) is 0 Å². The highest BCUT2D eigenvalue weighted by Gasteiger charge is 2.27. The molecule has 0 saturated carbocycles. The van der Waals surface area contributed by atoms with Gasteiger partial charge in [-0.1, -0.05) is 0 Å². The predicted molar refractivity (Wildman–Crippen MR) is 111 cm³/mol. The summed E-state index contributed by atoms with van der Waals surface area (Å²) in [6.45, 7) is 9.14. The second-order valence-electron chi connectivity index (χ2n) is 7.58. The molecule has 0 aliphatic carbocycles. The molecule has 1 fully saturated rings. The molecule has 2 aliphatic rings. The van der Waals surface area contributed by atoms with Crippen LogP contribution in [0.25, 0.3) is 11.2 Å². The summed E-state index contributed by atoms with van der Waals surface area (Å²) in [4.78, 5) is 7.54. The Balaban J connectivity index is 1.78. The second-order valence-corrected chi connectivity index (χ2v) is 8.37. The Morgan fingerprint density at radius 3 is 2.89 bits per heavy atom. The van der Waals surface area contributed by atoms with Crippen molar-refractivity contribution in [3.05, 3.63) is 28.1 Å². The molecule has 4 N–H and O–H groups in total. The van der Waals surface area contributed by atoms with Crippen molar-refractivity contribution >= 4 is 33.0 Å². The van der Waals surface area contributed by atoms with Gasteiger partial charge in [0, 0.05) is 63.5 Å². The summed E-state index contributed by atoms with van der Waals surface area (Å²) in [6.07, 6.45) is 3.93. The molecule has 1 atom stereocenters. The number of nitrogens with two attached hydrogens (primary N) is 1. The van der Waals surface area contributed by atoms with Gasteiger partial charge in [0.25, 0.3) is 0 Å². The van der Waals surface area contributed by atoms with Crippen molar-refractivity contribution in [3.63, 3.8) is 0 Å². The Morgan fingerprint density at radius 2 is 2.19 bits per heavy atom. The zero-order valence-electron chi connectivity index (χ0n) is 16.0. The molecule has 0 radical (unpaired) electrons. The van der Waals surface area contributed by atoms with E-state index in [0.29, 0.717) is 11.9 Å². The molecular weight excluding hydrogens is 408 g/mol. The van der Waals surface area contributed by atoms with Crippen LogP contribution in [-0.2, 0) is 0 Å². The van der Waals surface area contributed by atoms with Crippen LogP contribution in [-0.4, -0.2) is 70.3 Å². The summed E-state index contributed by atoms with van der Waals surface area (Å²) in [6, 6.07) is 0.503. The Bertz CT molecular complexity index is 874. The first-order chi connectivity index (χ1) is 13.0. The molecule has 4 heterocycles. The topological polar surface area (TPSA) is 86.8 Å². The lowest BCUT2D eigenvalue weighted by atomic mass is 10.0. The maximum Gasteiger partial charge on any atom is 0.165 e. The van der Waals surface area contributed by atoms with Gasteiger partial charge < -0.3 is 16.1 Å². The van der Waals surface area contributed by atoms with Gasteiger partial charge in [0.2, 0.25) is 0 Å². The number of halogens is 1. The molecule has 0 amide bonds. The van der Waals surface area contributed by atoms with Crippen molar-refractivity contribution < 1.29 is 0 Å². The minimum absolute atomic E-state index is 0.262. The number of hydrogen-bond donors (Lipinski definition) is 3. The van der Waals surface area contributed by atoms with Gasteiger partial charge in [0.15, 0.2) is 5.65 Å². The van der Waals surface area contributed by atoms with Crippen molar-refractivity contribution in [2.45, 2.75) is 25.8 Å². The fourth-order valence-corrected chi connectivity index (χ4v) is 4.38. The average molecular weight is 435 g/mol. The molecule has 8 nitrogen and oxygen atoms in total. The third kappa shape index (κ3) is 3.44. The molecule has 2 aromatic rings. The van der Waals surface area contributed by atoms with Gasteiger partial charge in [-0.15, -0.1) is 0 Å². The lowest BCUT2D eigenvalue weighted by molar-refractivity contribution is 0.226. The van der Waals surface area contributed by atoms with Crippen LogP contribution in [0.1, 0.15) is 31.0 Å². The molecule has 0 aromatic carbocycles. The molecule has 2 aromatic heterocycles. The van der Waals surface area contributed by atoms with E-state index in [2.05, 4.69) is 56.7 Å². The van der Waals surface area contributed by atoms with Gasteiger partial charge >= 0.3 is 0 Å². The van der Waals surface area contributed by atoms with E-state index in [1.165, 1.54) is 0 Å². The molecule has 1 unspecified atom stereocenters. The molecular formula is C18H27BrN8. The molecule has 4 rings (SSSR count). The molecule has 9 heteroatoms. The Labute approximate surface area is 167 Å². The normalized spacial score (nSPS) is 21.9. The standard InChI is InChI=1S/C18H27BrN8/c1-11(2)26-5-4-21-6-13(10-26)16-15(19)17(20)27-18(24-16)14(8-23-27)12-7-22-25(3)9-12/h8-9,11,13,21-22H,4-7,10,20H2,1-3H3. The van der Waals surface area contributed by atoms with Crippen LogP contribution in [0.4, 0.5) is 5.82 Å². The van der Waals surface area contributed by atoms with E-state index in [-0.39, 0.29) is 5.92 Å². The number of rotatable bonds is 3. The number of anilines is 1. The highest BCUT2D eigenvalue weighted by Crippen LogP contribution is 2.33. The van der Waals surface area contributed by atoms with Crippen LogP contribution in [0.2, 0.25) is 0 Å². The lowest BCUT2D eigenvalue weighted by Crippen LogP contribution is -2.35. The first-order valence-corrected chi connectivity index (χ1v) is 10.2. The minimum Gasteiger partial charge on any atom is -0.383 e. The summed E-state index contributed by atoms with van der Waals surface area (Å²) >= 11 is 3.69. The summed E-state index contributed by atoms with van der Waals surface area (Å²) < 4.78 is 2.57. The van der Waals surface area contributed by atoms with E-state index < -0.39 is 0 Å². The highest BCUT2D eigenvalue weighted by atomic mass is 79.9. The maximum absolute atomic E-state index is 6.43. The Hall–Kier alpha value is -1.68. The van der Waals surface area contributed by atoms with Crippen molar-refractivity contribution in [3.8, 4) is 0 Å². The van der Waals surface area contributed by atoms with Gasteiger partial charge in [-0.3, -0.25) is 4.90 Å². The number of nitrogens with zero attached hydrogens (tertiary/aromatic N) is 5. The van der Waals surface area contributed by atoms with E-state index in [0.717, 1.165) is 59.7 Å². The van der Waals surface area contributed by atoms with Crippen LogP contribution in [0.3, 0.4) is 0 Å². The maximum atomic E-state index is 6.43. The lowest BCUT2D eigenvalue weighted by Gasteiger charge is -2.27. The van der Waals surface area contributed by atoms with Gasteiger partial charge in [0.05, 0.1) is 16.4 Å². The minimum atomic E-state index is 0.262. The highest BCUT2D eigenvalue weighted by molar-refractivity contribution is 9.10. The van der Waals surface area contributed by atoms with E-state index in [9.17, 15) is 0 Å². The monoisotopic (exact) mass is 434 g/mol. The number of hydrogen-bond acceptors (Lipinski definition) is 7. The summed E-state index contributed by atoms with van der Waals surface area (Å²) in [7, 11) is 1.99. The van der Waals surface area contributed by atoms with E-state index in [1.54, 1.807) is 4.52 Å². The smallest absolute Gasteiger partial charge is 0.165 e. The zero-order valence-corrected chi connectivity index (χ0v) is 17.6. The van der Waals surface area contributed by atoms with Crippen LogP contribution >= 0.6 is 15.9 Å². The van der Waals surface area contributed by atoms with Gasteiger partial charge in [-0.05, 0) is 35.4 Å². The van der Waals surface area contributed by atoms with Crippen LogP contribution in [0.15, 0.2) is 16.9 Å². The van der Waals surface area contributed by atoms with Crippen molar-refractivity contribution in [1.29, 1.82) is 0 Å². The molecule has 27 heavy (non-hydrogen) atoms. The predicted octanol–water partition coefficient (Wildman–Crippen LogP) is 1.26. The number of nitrogens with one attached hydrogen (secondary N) is 2. The number of fused-ring (bicyclic) bond motifs is 1. The van der Waals surface area contributed by atoms with E-state index >= 15 is 0 Å². The summed E-state index contributed by atoms with van der Waals surface area (Å²) in [5, 5.41) is 9.99. The van der Waals surface area contributed by atoms with Crippen LogP contribution in [0, 0.1) is 0 Å². The largest absolute Gasteiger partial charge is 0.383 e. The van der Waals surface area contributed by atoms with Gasteiger partial charge in [0.1, 0.15) is 5.82 Å². The van der Waals surface area contributed by atoms with Gasteiger partial charge in [-0.25, -0.2) is 10.4 Å². The zero-order chi connectivity index (χ0) is 19.1. The third-order valence-electron chi connectivity index (χ3n) is 5.40. The molecule has 0 bridgehead atoms. The number of aromatic nitrogens is 3. The number of hydrazine groups is 1. The molecule has 0 spiro atoms. The van der Waals surface area contributed by atoms with Crippen LogP contribution in [0.5, 0.6) is 0 Å². The summed E-state index contributed by atoms with van der Waals surface area (Å²) in [5.74, 6) is 0.860. The Morgan fingerprint density at radius 1 is 1.37 bits per heavy atom. The van der Waals surface area contributed by atoms with Crippen molar-refractivity contribution in [1.82, 2.24) is 35.2 Å². The summed E-state index contributed by atoms with van der Waals surface area (Å²) in [5.41, 5.74) is 13.7. The first kappa shape index (κ1) is 18.7. The number of nitrogen functional groups attached to an aromatic ring is 1. The molecule has 146 valence electrons. The quantitative estimate of drug-likeness (QED) is 0.669. The van der Waals surface area contributed by atoms with Crippen LogP contribution < -0.4 is 16.5 Å². The first-order valence-electron chi connectivity index (χ1n) is 9.40. The molecule has 2 aliphatic heterocycles. The fraction of sp³-hybridized carbons (Fsp3) is 0.556. The van der Waals surface area contributed by atoms with Crippen molar-refractivity contribution in [2.75, 3.05) is 45.5 Å². The van der Waals surface area contributed by atoms with E-state index in [4.69, 9.17) is 10.7 Å². The van der Waals surface area contributed by atoms with E-state index in [1.807, 2.05) is 18.3 Å². The second kappa shape index (κ2) is 7.38. The van der Waals surface area contributed by atoms with Gasteiger partial charge in [-0.2, -0.15) is 9.61 Å². The SMILES string of the molecule is CC(C)N1CCNCC(c2nc3c(C4=CN(C)NC4)cnn3c(N)c2Br)C1.